The highest BCUT2D eigenvalue weighted by molar-refractivity contribution is 7.13. The summed E-state index contributed by atoms with van der Waals surface area (Å²) in [5.41, 5.74) is 0.245. The first-order valence-electron chi connectivity index (χ1n) is 7.59. The summed E-state index contributed by atoms with van der Waals surface area (Å²) >= 11 is 7.40. The zero-order valence-electron chi connectivity index (χ0n) is 13.5. The average molecular weight is 367 g/mol. The van der Waals surface area contributed by atoms with Crippen molar-refractivity contribution >= 4 is 34.8 Å². The molecule has 2 rings (SSSR count). The molecule has 0 saturated carbocycles. The molecule has 2 N–H and O–H groups in total. The molecule has 24 heavy (non-hydrogen) atoms. The number of carboxylic acid groups (broad SMARTS) is 1. The lowest BCUT2D eigenvalue weighted by molar-refractivity contribution is -0.147. The Balaban J connectivity index is 2.06. The largest absolute Gasteiger partial charge is 0.480 e. The van der Waals surface area contributed by atoms with Gasteiger partial charge in [-0.15, -0.1) is 11.3 Å². The number of thiazole rings is 1. The van der Waals surface area contributed by atoms with Crippen LogP contribution >= 0.6 is 22.9 Å². The summed E-state index contributed by atoms with van der Waals surface area (Å²) < 4.78 is 0. The predicted octanol–water partition coefficient (Wildman–Crippen LogP) is 3.77. The van der Waals surface area contributed by atoms with Crippen LogP contribution in [0, 0.1) is 0 Å². The SMILES string of the molecule is CCCC(C)(NC(=O)Cc1csc(-c2cccc(Cl)c2)n1)C(=O)O. The first kappa shape index (κ1) is 18.4. The van der Waals surface area contributed by atoms with Crippen LogP contribution in [0.25, 0.3) is 10.6 Å². The lowest BCUT2D eigenvalue weighted by Crippen LogP contribution is -2.52. The lowest BCUT2D eigenvalue weighted by Gasteiger charge is -2.25. The fourth-order valence-corrected chi connectivity index (χ4v) is 3.39. The predicted molar refractivity (Wildman–Crippen MR) is 95.4 cm³/mol. The van der Waals surface area contributed by atoms with Crippen molar-refractivity contribution in [3.05, 3.63) is 40.4 Å². The van der Waals surface area contributed by atoms with Crippen molar-refractivity contribution in [3.8, 4) is 10.6 Å². The van der Waals surface area contributed by atoms with Gasteiger partial charge in [0, 0.05) is 16.0 Å². The van der Waals surface area contributed by atoms with E-state index in [1.807, 2.05) is 25.1 Å². The van der Waals surface area contributed by atoms with Crippen LogP contribution < -0.4 is 5.32 Å². The first-order chi connectivity index (χ1) is 11.3. The van der Waals surface area contributed by atoms with E-state index in [0.29, 0.717) is 23.6 Å². The van der Waals surface area contributed by atoms with Gasteiger partial charge in [-0.1, -0.05) is 37.1 Å². The molecular weight excluding hydrogens is 348 g/mol. The van der Waals surface area contributed by atoms with Gasteiger partial charge in [0.05, 0.1) is 12.1 Å². The van der Waals surface area contributed by atoms with Gasteiger partial charge in [0.25, 0.3) is 0 Å². The fourth-order valence-electron chi connectivity index (χ4n) is 2.38. The number of carboxylic acids is 1. The van der Waals surface area contributed by atoms with Crippen molar-refractivity contribution in [2.45, 2.75) is 38.6 Å². The monoisotopic (exact) mass is 366 g/mol. The van der Waals surface area contributed by atoms with Crippen molar-refractivity contribution < 1.29 is 14.7 Å². The number of amides is 1. The highest BCUT2D eigenvalue weighted by Crippen LogP contribution is 2.26. The molecule has 1 amide bonds. The summed E-state index contributed by atoms with van der Waals surface area (Å²) in [6.45, 7) is 3.40. The Hall–Kier alpha value is -1.92. The summed E-state index contributed by atoms with van der Waals surface area (Å²) in [5.74, 6) is -1.38. The number of nitrogens with one attached hydrogen (secondary N) is 1. The minimum absolute atomic E-state index is 0.0453. The third-order valence-electron chi connectivity index (χ3n) is 3.60. The van der Waals surface area contributed by atoms with E-state index in [4.69, 9.17) is 11.6 Å². The molecule has 1 aromatic heterocycles. The zero-order valence-corrected chi connectivity index (χ0v) is 15.1. The summed E-state index contributed by atoms with van der Waals surface area (Å²) in [4.78, 5) is 28.0. The summed E-state index contributed by atoms with van der Waals surface area (Å²) in [6.07, 6.45) is 1.08. The number of aromatic nitrogens is 1. The van der Waals surface area contributed by atoms with Gasteiger partial charge >= 0.3 is 5.97 Å². The Bertz CT molecular complexity index is 747. The molecule has 0 aliphatic rings. The standard InChI is InChI=1S/C17H19ClN2O3S/c1-3-7-17(2,16(22)23)20-14(21)9-13-10-24-15(19-13)11-5-4-6-12(18)8-11/h4-6,8,10H,3,7,9H2,1-2H3,(H,20,21)(H,22,23). The normalized spacial score (nSPS) is 13.3. The van der Waals surface area contributed by atoms with Gasteiger partial charge < -0.3 is 10.4 Å². The van der Waals surface area contributed by atoms with E-state index in [9.17, 15) is 14.7 Å². The Kier molecular flexibility index (Phi) is 5.96. The number of halogens is 1. The molecule has 0 bridgehead atoms. The first-order valence-corrected chi connectivity index (χ1v) is 8.84. The zero-order chi connectivity index (χ0) is 17.7. The number of carbonyl (C=O) groups excluding carboxylic acids is 1. The highest BCUT2D eigenvalue weighted by atomic mass is 35.5. The maximum atomic E-state index is 12.2. The van der Waals surface area contributed by atoms with Crippen LogP contribution in [0.2, 0.25) is 5.02 Å². The lowest BCUT2D eigenvalue weighted by atomic mass is 9.96. The number of nitrogens with zero attached hydrogens (tertiary/aromatic N) is 1. The van der Waals surface area contributed by atoms with E-state index in [1.54, 1.807) is 11.4 Å². The third-order valence-corrected chi connectivity index (χ3v) is 4.78. The topological polar surface area (TPSA) is 79.3 Å². The van der Waals surface area contributed by atoms with Gasteiger partial charge in [-0.3, -0.25) is 4.79 Å². The van der Waals surface area contributed by atoms with E-state index >= 15 is 0 Å². The van der Waals surface area contributed by atoms with E-state index in [0.717, 1.165) is 10.6 Å². The van der Waals surface area contributed by atoms with Crippen molar-refractivity contribution in [2.24, 2.45) is 0 Å². The van der Waals surface area contributed by atoms with Crippen LogP contribution in [-0.4, -0.2) is 27.5 Å². The van der Waals surface area contributed by atoms with E-state index < -0.39 is 11.5 Å². The van der Waals surface area contributed by atoms with E-state index in [1.165, 1.54) is 18.3 Å². The molecule has 0 radical (unpaired) electrons. The highest BCUT2D eigenvalue weighted by Gasteiger charge is 2.33. The van der Waals surface area contributed by atoms with Crippen molar-refractivity contribution in [3.63, 3.8) is 0 Å². The molecule has 5 nitrogen and oxygen atoms in total. The molecule has 2 aromatic rings. The van der Waals surface area contributed by atoms with Crippen LogP contribution in [0.15, 0.2) is 29.6 Å². The smallest absolute Gasteiger partial charge is 0.329 e. The van der Waals surface area contributed by atoms with E-state index in [-0.39, 0.29) is 12.3 Å². The van der Waals surface area contributed by atoms with E-state index in [2.05, 4.69) is 10.3 Å². The molecule has 128 valence electrons. The number of hydrogen-bond donors (Lipinski definition) is 2. The fraction of sp³-hybridized carbons (Fsp3) is 0.353. The molecule has 0 saturated heterocycles. The Morgan fingerprint density at radius 2 is 2.17 bits per heavy atom. The quantitative estimate of drug-likeness (QED) is 0.781. The van der Waals surface area contributed by atoms with Gasteiger partial charge in [-0.25, -0.2) is 9.78 Å². The van der Waals surface area contributed by atoms with Crippen LogP contribution in [0.5, 0.6) is 0 Å². The second-order valence-electron chi connectivity index (χ2n) is 5.77. The van der Waals surface area contributed by atoms with Crippen LogP contribution in [0.3, 0.4) is 0 Å². The van der Waals surface area contributed by atoms with Gasteiger partial charge in [-0.05, 0) is 25.5 Å². The van der Waals surface area contributed by atoms with Crippen LogP contribution in [0.1, 0.15) is 32.4 Å². The molecule has 1 aromatic carbocycles. The third kappa shape index (κ3) is 4.55. The van der Waals surface area contributed by atoms with Gasteiger partial charge in [-0.2, -0.15) is 0 Å². The van der Waals surface area contributed by atoms with Crippen molar-refractivity contribution in [1.29, 1.82) is 0 Å². The summed E-state index contributed by atoms with van der Waals surface area (Å²) in [5, 5.41) is 15.1. The van der Waals surface area contributed by atoms with Crippen molar-refractivity contribution in [1.82, 2.24) is 10.3 Å². The maximum absolute atomic E-state index is 12.2. The van der Waals surface area contributed by atoms with Crippen LogP contribution in [0.4, 0.5) is 0 Å². The number of aliphatic carboxylic acids is 1. The van der Waals surface area contributed by atoms with Crippen LogP contribution in [-0.2, 0) is 16.0 Å². The molecule has 0 aliphatic carbocycles. The Labute approximate surface area is 149 Å². The Morgan fingerprint density at radius 1 is 1.42 bits per heavy atom. The second-order valence-corrected chi connectivity index (χ2v) is 7.06. The molecule has 0 aliphatic heterocycles. The van der Waals surface area contributed by atoms with Gasteiger partial charge in [0.15, 0.2) is 0 Å². The molecular formula is C17H19ClN2O3S. The molecule has 1 heterocycles. The maximum Gasteiger partial charge on any atom is 0.329 e. The molecule has 0 spiro atoms. The molecule has 0 fully saturated rings. The number of hydrogen-bond acceptors (Lipinski definition) is 4. The number of benzene rings is 1. The number of rotatable bonds is 7. The summed E-state index contributed by atoms with van der Waals surface area (Å²) in [6, 6.07) is 7.34. The second kappa shape index (κ2) is 7.77. The van der Waals surface area contributed by atoms with Gasteiger partial charge in [0.2, 0.25) is 5.91 Å². The molecule has 1 atom stereocenters. The number of carbonyl (C=O) groups is 2. The van der Waals surface area contributed by atoms with Gasteiger partial charge in [0.1, 0.15) is 10.5 Å². The molecule has 1 unspecified atom stereocenters. The average Bonchev–Trinajstić information content (AvgIpc) is 2.95. The summed E-state index contributed by atoms with van der Waals surface area (Å²) in [7, 11) is 0. The van der Waals surface area contributed by atoms with Crippen molar-refractivity contribution in [2.75, 3.05) is 0 Å². The molecule has 7 heteroatoms. The Morgan fingerprint density at radius 3 is 2.79 bits per heavy atom. The minimum atomic E-state index is -1.25. The minimum Gasteiger partial charge on any atom is -0.480 e.